The third-order valence-electron chi connectivity index (χ3n) is 1.98. The molecule has 1 aromatic rings. The van der Waals surface area contributed by atoms with Gasteiger partial charge in [0.15, 0.2) is 0 Å². The summed E-state index contributed by atoms with van der Waals surface area (Å²) in [5.74, 6) is -0.988. The molecule has 1 heterocycles. The standard InChI is InChI=1S/C9H7F6NO3S/c1-8(11,12)20(17,18)19-7(9(13,14)15)6-3-2-5(10)4-16-6/h2-4,7H,1H3. The fourth-order valence-electron chi connectivity index (χ4n) is 1.03. The van der Waals surface area contributed by atoms with Crippen LogP contribution in [0.2, 0.25) is 0 Å². The van der Waals surface area contributed by atoms with E-state index in [9.17, 15) is 34.8 Å². The Morgan fingerprint density at radius 3 is 2.10 bits per heavy atom. The van der Waals surface area contributed by atoms with E-state index in [-0.39, 0.29) is 6.92 Å². The summed E-state index contributed by atoms with van der Waals surface area (Å²) < 4.78 is 101. The van der Waals surface area contributed by atoms with Crippen LogP contribution in [-0.4, -0.2) is 24.8 Å². The zero-order valence-corrected chi connectivity index (χ0v) is 10.5. The van der Waals surface area contributed by atoms with Crippen molar-refractivity contribution in [1.29, 1.82) is 0 Å². The molecular weight excluding hydrogens is 316 g/mol. The molecule has 114 valence electrons. The summed E-state index contributed by atoms with van der Waals surface area (Å²) in [6.45, 7) is -0.131. The third-order valence-corrected chi connectivity index (χ3v) is 3.30. The van der Waals surface area contributed by atoms with Crippen LogP contribution in [0.3, 0.4) is 0 Å². The van der Waals surface area contributed by atoms with E-state index in [2.05, 4.69) is 9.17 Å². The molecule has 1 unspecified atom stereocenters. The quantitative estimate of drug-likeness (QED) is 0.631. The fraction of sp³-hybridized carbons (Fsp3) is 0.444. The monoisotopic (exact) mass is 323 g/mol. The summed E-state index contributed by atoms with van der Waals surface area (Å²) in [5.41, 5.74) is -1.06. The van der Waals surface area contributed by atoms with Gasteiger partial charge in [0, 0.05) is 6.92 Å². The minimum Gasteiger partial charge on any atom is -0.255 e. The lowest BCUT2D eigenvalue weighted by Crippen LogP contribution is -2.34. The average Bonchev–Trinajstić information content (AvgIpc) is 2.24. The first-order valence-corrected chi connectivity index (χ1v) is 6.24. The lowest BCUT2D eigenvalue weighted by Gasteiger charge is -2.21. The number of aromatic nitrogens is 1. The number of hydrogen-bond donors (Lipinski definition) is 0. The largest absolute Gasteiger partial charge is 0.421 e. The van der Waals surface area contributed by atoms with Crippen molar-refractivity contribution in [1.82, 2.24) is 4.98 Å². The van der Waals surface area contributed by atoms with Crippen LogP contribution in [0.4, 0.5) is 26.3 Å². The van der Waals surface area contributed by atoms with Gasteiger partial charge in [-0.3, -0.25) is 4.98 Å². The maximum Gasteiger partial charge on any atom is 0.421 e. The second kappa shape index (κ2) is 5.20. The van der Waals surface area contributed by atoms with Crippen LogP contribution >= 0.6 is 0 Å². The van der Waals surface area contributed by atoms with Gasteiger partial charge >= 0.3 is 21.5 Å². The molecule has 4 nitrogen and oxygen atoms in total. The van der Waals surface area contributed by atoms with Crippen molar-refractivity contribution in [3.8, 4) is 0 Å². The molecule has 1 aromatic heterocycles. The van der Waals surface area contributed by atoms with Crippen molar-refractivity contribution >= 4 is 10.1 Å². The van der Waals surface area contributed by atoms with E-state index in [1.807, 2.05) is 0 Å². The molecular formula is C9H7F6NO3S. The van der Waals surface area contributed by atoms with Crippen molar-refractivity contribution in [2.75, 3.05) is 0 Å². The number of pyridine rings is 1. The third kappa shape index (κ3) is 3.82. The van der Waals surface area contributed by atoms with E-state index in [4.69, 9.17) is 0 Å². The van der Waals surface area contributed by atoms with Crippen molar-refractivity contribution in [3.05, 3.63) is 29.8 Å². The molecule has 0 aliphatic heterocycles. The highest BCUT2D eigenvalue weighted by atomic mass is 32.2. The van der Waals surface area contributed by atoms with E-state index in [1.165, 1.54) is 0 Å². The molecule has 0 aliphatic rings. The topological polar surface area (TPSA) is 56.3 Å². The van der Waals surface area contributed by atoms with Gasteiger partial charge in [-0.1, -0.05) is 0 Å². The van der Waals surface area contributed by atoms with Crippen LogP contribution in [0.25, 0.3) is 0 Å². The van der Waals surface area contributed by atoms with Gasteiger partial charge in [-0.25, -0.2) is 8.57 Å². The lowest BCUT2D eigenvalue weighted by molar-refractivity contribution is -0.199. The molecule has 0 N–H and O–H groups in total. The lowest BCUT2D eigenvalue weighted by atomic mass is 10.2. The number of alkyl halides is 5. The summed E-state index contributed by atoms with van der Waals surface area (Å²) in [7, 11) is -5.83. The van der Waals surface area contributed by atoms with Crippen LogP contribution in [0, 0.1) is 5.82 Å². The second-order valence-electron chi connectivity index (χ2n) is 3.68. The number of hydrogen-bond acceptors (Lipinski definition) is 4. The zero-order valence-electron chi connectivity index (χ0n) is 9.66. The molecule has 0 saturated carbocycles. The fourth-order valence-corrected chi connectivity index (χ4v) is 1.66. The Kier molecular flexibility index (Phi) is 4.34. The molecule has 0 aliphatic carbocycles. The Labute approximate surface area is 109 Å². The Bertz CT molecular complexity index is 563. The van der Waals surface area contributed by atoms with E-state index in [0.717, 1.165) is 0 Å². The summed E-state index contributed by atoms with van der Waals surface area (Å²) >= 11 is 0. The molecule has 0 saturated heterocycles. The van der Waals surface area contributed by atoms with Gasteiger partial charge in [-0.2, -0.15) is 30.4 Å². The van der Waals surface area contributed by atoms with E-state index < -0.39 is 39.2 Å². The summed E-state index contributed by atoms with van der Waals surface area (Å²) in [6, 6.07) is 1.04. The first-order chi connectivity index (χ1) is 8.84. The minimum atomic E-state index is -5.83. The van der Waals surface area contributed by atoms with Gasteiger partial charge in [-0.05, 0) is 12.1 Å². The maximum atomic E-state index is 12.7. The van der Waals surface area contributed by atoms with Crippen molar-refractivity contribution in [2.45, 2.75) is 24.5 Å². The normalized spacial score (nSPS) is 15.2. The summed E-state index contributed by atoms with van der Waals surface area (Å²) in [6.07, 6.45) is -8.21. The Balaban J connectivity index is 3.20. The summed E-state index contributed by atoms with van der Waals surface area (Å²) in [5, 5.41) is -4.53. The zero-order chi connectivity index (χ0) is 15.8. The molecule has 0 aromatic carbocycles. The van der Waals surface area contributed by atoms with Crippen LogP contribution in [0.5, 0.6) is 0 Å². The molecule has 0 amide bonds. The van der Waals surface area contributed by atoms with E-state index in [1.54, 1.807) is 0 Å². The van der Waals surface area contributed by atoms with Crippen LogP contribution in [-0.2, 0) is 14.3 Å². The predicted octanol–water partition coefficient (Wildman–Crippen LogP) is 2.78. The highest BCUT2D eigenvalue weighted by Gasteiger charge is 2.51. The molecule has 20 heavy (non-hydrogen) atoms. The van der Waals surface area contributed by atoms with Gasteiger partial charge in [0.25, 0.3) is 0 Å². The van der Waals surface area contributed by atoms with Gasteiger partial charge < -0.3 is 0 Å². The molecule has 1 atom stereocenters. The maximum absolute atomic E-state index is 12.7. The summed E-state index contributed by atoms with van der Waals surface area (Å²) in [4.78, 5) is 2.98. The minimum absolute atomic E-state index is 0.131. The molecule has 0 spiro atoms. The Morgan fingerprint density at radius 2 is 1.75 bits per heavy atom. The van der Waals surface area contributed by atoms with Gasteiger partial charge in [0.1, 0.15) is 5.82 Å². The Hall–Kier alpha value is -1.36. The highest BCUT2D eigenvalue weighted by molar-refractivity contribution is 7.87. The van der Waals surface area contributed by atoms with E-state index >= 15 is 0 Å². The van der Waals surface area contributed by atoms with Crippen LogP contribution < -0.4 is 0 Å². The van der Waals surface area contributed by atoms with Gasteiger partial charge in [0.05, 0.1) is 11.9 Å². The second-order valence-corrected chi connectivity index (χ2v) is 5.50. The smallest absolute Gasteiger partial charge is 0.255 e. The van der Waals surface area contributed by atoms with Gasteiger partial charge in [-0.15, -0.1) is 0 Å². The SMILES string of the molecule is CC(F)(F)S(=O)(=O)OC(c1ccc(F)cn1)C(F)(F)F. The highest BCUT2D eigenvalue weighted by Crippen LogP contribution is 2.38. The first-order valence-electron chi connectivity index (χ1n) is 4.83. The molecule has 11 heteroatoms. The molecule has 0 fully saturated rings. The molecule has 0 bridgehead atoms. The number of rotatable bonds is 4. The Morgan fingerprint density at radius 1 is 1.20 bits per heavy atom. The number of nitrogens with zero attached hydrogens (tertiary/aromatic N) is 1. The van der Waals surface area contributed by atoms with Crippen molar-refractivity contribution in [3.63, 3.8) is 0 Å². The first kappa shape index (κ1) is 16.7. The molecule has 1 rings (SSSR count). The van der Waals surface area contributed by atoms with E-state index in [0.29, 0.717) is 18.3 Å². The predicted molar refractivity (Wildman–Crippen MR) is 53.6 cm³/mol. The van der Waals surface area contributed by atoms with Gasteiger partial charge in [0.2, 0.25) is 6.10 Å². The van der Waals surface area contributed by atoms with Crippen LogP contribution in [0.1, 0.15) is 18.7 Å². The number of halogens is 6. The van der Waals surface area contributed by atoms with Crippen molar-refractivity contribution in [2.24, 2.45) is 0 Å². The van der Waals surface area contributed by atoms with Crippen LogP contribution in [0.15, 0.2) is 18.3 Å². The average molecular weight is 323 g/mol. The van der Waals surface area contributed by atoms with Crippen molar-refractivity contribution < 1.29 is 38.9 Å². The molecule has 0 radical (unpaired) electrons.